The van der Waals surface area contributed by atoms with Crippen LogP contribution in [0, 0.1) is 11.7 Å². The Hall–Kier alpha value is -2.47. The summed E-state index contributed by atoms with van der Waals surface area (Å²) in [5, 5.41) is 5.45. The van der Waals surface area contributed by atoms with Crippen LogP contribution in [0.4, 0.5) is 10.1 Å². The van der Waals surface area contributed by atoms with Crippen LogP contribution < -0.4 is 15.4 Å². The molecule has 4 nitrogen and oxygen atoms in total. The van der Waals surface area contributed by atoms with Crippen LogP contribution in [0.5, 0.6) is 5.75 Å². The van der Waals surface area contributed by atoms with Gasteiger partial charge in [0.15, 0.2) is 5.11 Å². The maximum atomic E-state index is 13.6. The Kier molecular flexibility index (Phi) is 6.89. The number of thiocarbonyl (C=S) groups is 1. The summed E-state index contributed by atoms with van der Waals surface area (Å²) < 4.78 is 19.3. The highest BCUT2D eigenvalue weighted by atomic mass is 32.1. The van der Waals surface area contributed by atoms with Crippen molar-refractivity contribution in [1.82, 2.24) is 5.32 Å². The van der Waals surface area contributed by atoms with E-state index in [4.69, 9.17) is 17.0 Å². The molecule has 2 aromatic rings. The molecule has 0 aliphatic rings. The predicted octanol–water partition coefficient (Wildman–Crippen LogP) is 4.38. The second-order valence-electron chi connectivity index (χ2n) is 5.95. The molecule has 6 heteroatoms. The van der Waals surface area contributed by atoms with Gasteiger partial charge in [0.05, 0.1) is 12.2 Å². The topological polar surface area (TPSA) is 50.4 Å². The van der Waals surface area contributed by atoms with Gasteiger partial charge in [0, 0.05) is 11.8 Å². The van der Waals surface area contributed by atoms with Gasteiger partial charge in [-0.25, -0.2) is 4.39 Å². The van der Waals surface area contributed by atoms with Crippen molar-refractivity contribution in [3.63, 3.8) is 0 Å². The summed E-state index contributed by atoms with van der Waals surface area (Å²) in [5.74, 6) is 0.0969. The lowest BCUT2D eigenvalue weighted by Gasteiger charge is -2.12. The monoisotopic (exact) mass is 360 g/mol. The van der Waals surface area contributed by atoms with E-state index in [1.165, 1.54) is 18.2 Å². The Labute approximate surface area is 152 Å². The van der Waals surface area contributed by atoms with Gasteiger partial charge in [0.1, 0.15) is 11.6 Å². The SMILES string of the molecule is CC(C)CCOc1cccc(NC(=S)NC(=O)c2ccccc2F)c1. The summed E-state index contributed by atoms with van der Waals surface area (Å²) in [5.41, 5.74) is 0.623. The number of rotatable bonds is 6. The van der Waals surface area contributed by atoms with Gasteiger partial charge in [-0.3, -0.25) is 10.1 Å². The van der Waals surface area contributed by atoms with E-state index in [0.717, 1.165) is 6.42 Å². The van der Waals surface area contributed by atoms with Crippen molar-refractivity contribution in [2.24, 2.45) is 5.92 Å². The van der Waals surface area contributed by atoms with Gasteiger partial charge in [0.2, 0.25) is 0 Å². The first-order valence-electron chi connectivity index (χ1n) is 8.05. The van der Waals surface area contributed by atoms with Crippen molar-refractivity contribution < 1.29 is 13.9 Å². The van der Waals surface area contributed by atoms with E-state index in [1.807, 2.05) is 12.1 Å². The molecular weight excluding hydrogens is 339 g/mol. The zero-order chi connectivity index (χ0) is 18.2. The minimum absolute atomic E-state index is 0.0579. The smallest absolute Gasteiger partial charge is 0.260 e. The molecule has 0 spiro atoms. The van der Waals surface area contributed by atoms with Crippen molar-refractivity contribution >= 4 is 28.9 Å². The minimum atomic E-state index is -0.597. The van der Waals surface area contributed by atoms with Crippen molar-refractivity contribution in [2.75, 3.05) is 11.9 Å². The zero-order valence-electron chi connectivity index (χ0n) is 14.2. The molecule has 0 aliphatic carbocycles. The van der Waals surface area contributed by atoms with Crippen LogP contribution in [-0.2, 0) is 0 Å². The highest BCUT2D eigenvalue weighted by Gasteiger charge is 2.12. The number of anilines is 1. The lowest BCUT2D eigenvalue weighted by atomic mass is 10.1. The first kappa shape index (κ1) is 18.9. The van der Waals surface area contributed by atoms with Crippen LogP contribution in [0.1, 0.15) is 30.6 Å². The summed E-state index contributed by atoms with van der Waals surface area (Å²) in [7, 11) is 0. The van der Waals surface area contributed by atoms with Crippen LogP contribution in [0.25, 0.3) is 0 Å². The lowest BCUT2D eigenvalue weighted by molar-refractivity contribution is 0.0974. The number of hydrogen-bond donors (Lipinski definition) is 2. The molecule has 0 aliphatic heterocycles. The van der Waals surface area contributed by atoms with E-state index < -0.39 is 11.7 Å². The summed E-state index contributed by atoms with van der Waals surface area (Å²) in [6, 6.07) is 13.0. The highest BCUT2D eigenvalue weighted by molar-refractivity contribution is 7.80. The molecule has 0 fully saturated rings. The van der Waals surface area contributed by atoms with Crippen LogP contribution in [0.3, 0.4) is 0 Å². The van der Waals surface area contributed by atoms with Crippen LogP contribution >= 0.6 is 12.2 Å². The lowest BCUT2D eigenvalue weighted by Crippen LogP contribution is -2.34. The third kappa shape index (κ3) is 6.15. The molecule has 0 saturated heterocycles. The number of nitrogens with one attached hydrogen (secondary N) is 2. The van der Waals surface area contributed by atoms with E-state index in [-0.39, 0.29) is 10.7 Å². The number of benzene rings is 2. The summed E-state index contributed by atoms with van der Waals surface area (Å²) in [4.78, 5) is 12.0. The number of carbonyl (C=O) groups is 1. The molecular formula is C19H21FN2O2S. The first-order valence-corrected chi connectivity index (χ1v) is 8.46. The molecule has 0 saturated carbocycles. The second-order valence-corrected chi connectivity index (χ2v) is 6.36. The number of halogens is 1. The van der Waals surface area contributed by atoms with Gasteiger partial charge in [-0.1, -0.05) is 32.0 Å². The summed E-state index contributed by atoms with van der Waals surface area (Å²) in [6.45, 7) is 4.91. The quantitative estimate of drug-likeness (QED) is 0.751. The Morgan fingerprint density at radius 1 is 1.20 bits per heavy atom. The first-order chi connectivity index (χ1) is 12.0. The summed E-state index contributed by atoms with van der Waals surface area (Å²) >= 11 is 5.11. The van der Waals surface area contributed by atoms with Crippen LogP contribution in [-0.4, -0.2) is 17.6 Å². The average Bonchev–Trinajstić information content (AvgIpc) is 2.55. The van der Waals surface area contributed by atoms with Gasteiger partial charge in [0.25, 0.3) is 5.91 Å². The Morgan fingerprint density at radius 2 is 1.96 bits per heavy atom. The third-order valence-electron chi connectivity index (χ3n) is 3.40. The van der Waals surface area contributed by atoms with Gasteiger partial charge in [-0.15, -0.1) is 0 Å². The minimum Gasteiger partial charge on any atom is -0.494 e. The maximum absolute atomic E-state index is 13.6. The largest absolute Gasteiger partial charge is 0.494 e. The van der Waals surface area contributed by atoms with Gasteiger partial charge in [-0.2, -0.15) is 0 Å². The van der Waals surface area contributed by atoms with Gasteiger partial charge in [-0.05, 0) is 48.8 Å². The van der Waals surface area contributed by atoms with Crippen molar-refractivity contribution in [3.05, 3.63) is 59.9 Å². The third-order valence-corrected chi connectivity index (χ3v) is 3.61. The maximum Gasteiger partial charge on any atom is 0.260 e. The molecule has 2 rings (SSSR count). The molecule has 2 aromatic carbocycles. The van der Waals surface area contributed by atoms with E-state index in [2.05, 4.69) is 24.5 Å². The zero-order valence-corrected chi connectivity index (χ0v) is 15.0. The van der Waals surface area contributed by atoms with E-state index in [1.54, 1.807) is 18.2 Å². The van der Waals surface area contributed by atoms with Crippen LogP contribution in [0.2, 0.25) is 0 Å². The summed E-state index contributed by atoms with van der Waals surface area (Å²) in [6.07, 6.45) is 0.967. The molecule has 0 aromatic heterocycles. The molecule has 0 atom stereocenters. The average molecular weight is 360 g/mol. The molecule has 0 bridgehead atoms. The van der Waals surface area contributed by atoms with Gasteiger partial charge < -0.3 is 10.1 Å². The molecule has 1 amide bonds. The van der Waals surface area contributed by atoms with E-state index in [0.29, 0.717) is 24.0 Å². The van der Waals surface area contributed by atoms with Crippen molar-refractivity contribution in [1.29, 1.82) is 0 Å². The molecule has 0 radical (unpaired) electrons. The number of amides is 1. The molecule has 132 valence electrons. The Bertz CT molecular complexity index is 750. The Balaban J connectivity index is 1.92. The standard InChI is InChI=1S/C19H21FN2O2S/c1-13(2)10-11-24-15-7-5-6-14(12-15)21-19(25)22-18(23)16-8-3-4-9-17(16)20/h3-9,12-13H,10-11H2,1-2H3,(H2,21,22,23,25). The van der Waals surface area contributed by atoms with Crippen LogP contribution in [0.15, 0.2) is 48.5 Å². The van der Waals surface area contributed by atoms with Crippen molar-refractivity contribution in [3.8, 4) is 5.75 Å². The number of ether oxygens (including phenoxy) is 1. The fourth-order valence-electron chi connectivity index (χ4n) is 2.05. The predicted molar refractivity (Wildman–Crippen MR) is 101 cm³/mol. The normalized spacial score (nSPS) is 10.4. The number of carbonyl (C=O) groups excluding carboxylic acids is 1. The number of hydrogen-bond acceptors (Lipinski definition) is 3. The second kappa shape index (κ2) is 9.13. The molecule has 0 heterocycles. The Morgan fingerprint density at radius 3 is 2.68 bits per heavy atom. The fraction of sp³-hybridized carbons (Fsp3) is 0.263. The molecule has 25 heavy (non-hydrogen) atoms. The molecule has 0 unspecified atom stereocenters. The molecule has 2 N–H and O–H groups in total. The fourth-order valence-corrected chi connectivity index (χ4v) is 2.26. The van der Waals surface area contributed by atoms with Gasteiger partial charge >= 0.3 is 0 Å². The van der Waals surface area contributed by atoms with E-state index in [9.17, 15) is 9.18 Å². The highest BCUT2D eigenvalue weighted by Crippen LogP contribution is 2.18. The van der Waals surface area contributed by atoms with E-state index >= 15 is 0 Å². The van der Waals surface area contributed by atoms with Crippen molar-refractivity contribution in [2.45, 2.75) is 20.3 Å².